The van der Waals surface area contributed by atoms with Crippen LogP contribution in [0, 0.1) is 29.1 Å². The maximum absolute atomic E-state index is 13.4. The summed E-state index contributed by atoms with van der Waals surface area (Å²) in [6.07, 6.45) is 16.8. The van der Waals surface area contributed by atoms with E-state index in [2.05, 4.69) is 36.0 Å². The molecule has 11 nitrogen and oxygen atoms in total. The second-order valence-corrected chi connectivity index (χ2v) is 11.6. The zero-order chi connectivity index (χ0) is 29.8. The molecule has 0 radical (unpaired) electrons. The highest BCUT2D eigenvalue weighted by molar-refractivity contribution is 6.13. The van der Waals surface area contributed by atoms with E-state index in [-0.39, 0.29) is 17.9 Å². The Morgan fingerprint density at radius 1 is 0.977 bits per heavy atom. The van der Waals surface area contributed by atoms with Gasteiger partial charge in [-0.3, -0.25) is 19.8 Å². The summed E-state index contributed by atoms with van der Waals surface area (Å²) >= 11 is 0. The van der Waals surface area contributed by atoms with Gasteiger partial charge in [-0.05, 0) is 68.8 Å². The predicted molar refractivity (Wildman–Crippen MR) is 157 cm³/mol. The minimum atomic E-state index is -0.471. The monoisotopic (exact) mass is 578 g/mol. The summed E-state index contributed by atoms with van der Waals surface area (Å²) in [7, 11) is 1.52. The number of ether oxygens (including phenoxy) is 2. The van der Waals surface area contributed by atoms with Crippen LogP contribution in [0.4, 0.5) is 0 Å². The van der Waals surface area contributed by atoms with E-state index in [1.165, 1.54) is 7.11 Å². The van der Waals surface area contributed by atoms with Crippen molar-refractivity contribution in [3.63, 3.8) is 0 Å². The van der Waals surface area contributed by atoms with Gasteiger partial charge in [0, 0.05) is 30.6 Å². The Labute approximate surface area is 250 Å². The van der Waals surface area contributed by atoms with Gasteiger partial charge in [0.2, 0.25) is 0 Å². The smallest absolute Gasteiger partial charge is 0.316 e. The number of hydrogen-bond acceptors (Lipinski definition) is 11. The summed E-state index contributed by atoms with van der Waals surface area (Å²) in [5, 5.41) is 9.60. The average Bonchev–Trinajstić information content (AvgIpc) is 3.79. The van der Waals surface area contributed by atoms with Crippen molar-refractivity contribution in [1.82, 2.24) is 29.9 Å². The number of hydrogen-bond donors (Lipinski definition) is 0. The topological polar surface area (TPSA) is 149 Å². The van der Waals surface area contributed by atoms with Gasteiger partial charge < -0.3 is 9.47 Å². The number of aromatic nitrogens is 6. The first-order chi connectivity index (χ1) is 21.0. The average molecular weight is 579 g/mol. The largest absolute Gasteiger partial charge is 0.467 e. The van der Waals surface area contributed by atoms with Gasteiger partial charge in [0.1, 0.15) is 23.5 Å². The molecule has 1 unspecified atom stereocenters. The number of methoxy groups -OCH3 is 1. The maximum atomic E-state index is 13.4. The lowest BCUT2D eigenvalue weighted by Crippen LogP contribution is -2.29. The quantitative estimate of drug-likeness (QED) is 0.316. The normalized spacial score (nSPS) is 20.5. The van der Waals surface area contributed by atoms with Gasteiger partial charge in [-0.2, -0.15) is 5.26 Å². The lowest BCUT2D eigenvalue weighted by atomic mass is 9.74. The van der Waals surface area contributed by atoms with Gasteiger partial charge >= 0.3 is 12.0 Å². The lowest BCUT2D eigenvalue weighted by Gasteiger charge is -2.32. The van der Waals surface area contributed by atoms with E-state index in [1.807, 2.05) is 13.0 Å². The van der Waals surface area contributed by atoms with Crippen molar-refractivity contribution >= 4 is 11.7 Å². The van der Waals surface area contributed by atoms with E-state index in [1.54, 1.807) is 31.0 Å². The Kier molecular flexibility index (Phi) is 8.45. The molecule has 2 fully saturated rings. The third-order valence-electron chi connectivity index (χ3n) is 8.55. The third kappa shape index (κ3) is 6.58. The number of esters is 1. The molecular formula is C32H34N8O3. The summed E-state index contributed by atoms with van der Waals surface area (Å²) in [5.41, 5.74) is 4.85. The van der Waals surface area contributed by atoms with Crippen molar-refractivity contribution in [3.8, 4) is 23.3 Å². The molecule has 11 heteroatoms. The first-order valence-corrected chi connectivity index (χ1v) is 14.8. The fraction of sp³-hybridized carbons (Fsp3) is 0.469. The zero-order valence-corrected chi connectivity index (χ0v) is 24.4. The zero-order valence-electron chi connectivity index (χ0n) is 24.4. The SMILES string of the molecule is COc1ncc(-c2cnc(C(C(=O)OCC3CC3)C3CCC(Cc4ncc(C#N)c(C5=NCC=C5C)n4)CC3)cn2)cn1. The standard InChI is InChI=1S/C32H34N8O3/c1-19-9-10-34-29(19)30-23(12-33)13-37-27(40-30)11-20-5-7-22(8-6-20)28(31(41)43-18-21-3-4-21)26-17-35-25(16-36-26)24-14-38-32(42-2)39-15-24/h9,13-17,20-22,28H,3-8,10-11,18H2,1-2H3. The summed E-state index contributed by atoms with van der Waals surface area (Å²) in [6.45, 7) is 3.08. The summed E-state index contributed by atoms with van der Waals surface area (Å²) in [5.74, 6) is 1.00. The maximum Gasteiger partial charge on any atom is 0.316 e. The minimum absolute atomic E-state index is 0.102. The van der Waals surface area contributed by atoms with Gasteiger partial charge in [0.05, 0.1) is 55.3 Å². The first kappa shape index (κ1) is 28.5. The Hall–Kier alpha value is -4.59. The highest BCUT2D eigenvalue weighted by atomic mass is 16.5. The molecule has 3 aromatic heterocycles. The Morgan fingerprint density at radius 2 is 1.74 bits per heavy atom. The summed E-state index contributed by atoms with van der Waals surface area (Å²) < 4.78 is 10.8. The van der Waals surface area contributed by atoms with E-state index in [0.29, 0.717) is 53.2 Å². The van der Waals surface area contributed by atoms with Crippen LogP contribution in [0.1, 0.15) is 74.1 Å². The predicted octanol–water partition coefficient (Wildman–Crippen LogP) is 4.44. The van der Waals surface area contributed by atoms with Crippen molar-refractivity contribution in [1.29, 1.82) is 5.26 Å². The highest BCUT2D eigenvalue weighted by Crippen LogP contribution is 2.40. The molecule has 1 atom stereocenters. The molecule has 2 saturated carbocycles. The Morgan fingerprint density at radius 3 is 2.37 bits per heavy atom. The van der Waals surface area contributed by atoms with Crippen LogP contribution in [0.25, 0.3) is 11.3 Å². The molecule has 0 saturated heterocycles. The molecule has 0 aromatic carbocycles. The van der Waals surface area contributed by atoms with Crippen molar-refractivity contribution in [2.75, 3.05) is 20.3 Å². The van der Waals surface area contributed by atoms with Crippen molar-refractivity contribution < 1.29 is 14.3 Å². The fourth-order valence-corrected chi connectivity index (χ4v) is 5.85. The van der Waals surface area contributed by atoms with Crippen LogP contribution in [-0.4, -0.2) is 61.8 Å². The van der Waals surface area contributed by atoms with E-state index < -0.39 is 5.92 Å². The van der Waals surface area contributed by atoms with Gasteiger partial charge in [-0.25, -0.2) is 19.9 Å². The van der Waals surface area contributed by atoms with Crippen molar-refractivity contribution in [3.05, 3.63) is 65.4 Å². The van der Waals surface area contributed by atoms with Crippen LogP contribution in [0.15, 0.2) is 47.6 Å². The molecule has 3 aliphatic rings. The van der Waals surface area contributed by atoms with Crippen LogP contribution >= 0.6 is 0 Å². The minimum Gasteiger partial charge on any atom is -0.467 e. The van der Waals surface area contributed by atoms with E-state index >= 15 is 0 Å². The van der Waals surface area contributed by atoms with Crippen LogP contribution in [-0.2, 0) is 16.0 Å². The summed E-state index contributed by atoms with van der Waals surface area (Å²) in [6, 6.07) is 2.49. The van der Waals surface area contributed by atoms with E-state index in [0.717, 1.165) is 62.1 Å². The molecule has 43 heavy (non-hydrogen) atoms. The first-order valence-electron chi connectivity index (χ1n) is 14.8. The van der Waals surface area contributed by atoms with Gasteiger partial charge in [-0.15, -0.1) is 0 Å². The number of allylic oxidation sites excluding steroid dienone is 1. The van der Waals surface area contributed by atoms with Crippen LogP contribution in [0.5, 0.6) is 6.01 Å². The molecular weight excluding hydrogens is 544 g/mol. The van der Waals surface area contributed by atoms with E-state index in [4.69, 9.17) is 14.5 Å². The van der Waals surface area contributed by atoms with Gasteiger partial charge in [-0.1, -0.05) is 6.08 Å². The molecule has 4 heterocycles. The molecule has 0 bridgehead atoms. The second kappa shape index (κ2) is 12.7. The second-order valence-electron chi connectivity index (χ2n) is 11.6. The van der Waals surface area contributed by atoms with Crippen molar-refractivity contribution in [2.45, 2.75) is 57.8 Å². The van der Waals surface area contributed by atoms with Crippen molar-refractivity contribution in [2.24, 2.45) is 22.7 Å². The third-order valence-corrected chi connectivity index (χ3v) is 8.55. The van der Waals surface area contributed by atoms with Crippen LogP contribution < -0.4 is 4.74 Å². The molecule has 0 spiro atoms. The van der Waals surface area contributed by atoms with Gasteiger partial charge in [0.15, 0.2) is 0 Å². The van der Waals surface area contributed by atoms with Crippen LogP contribution in [0.2, 0.25) is 0 Å². The Balaban J connectivity index is 1.15. The summed E-state index contributed by atoms with van der Waals surface area (Å²) in [4.78, 5) is 44.8. The number of nitriles is 1. The molecule has 2 aliphatic carbocycles. The number of aliphatic imine (C=N–C) groups is 1. The molecule has 3 aromatic rings. The van der Waals surface area contributed by atoms with Gasteiger partial charge in [0.25, 0.3) is 0 Å². The highest BCUT2D eigenvalue weighted by Gasteiger charge is 2.37. The lowest BCUT2D eigenvalue weighted by molar-refractivity contribution is -0.148. The fourth-order valence-electron chi connectivity index (χ4n) is 5.85. The molecule has 1 aliphatic heterocycles. The molecule has 0 amide bonds. The van der Waals surface area contributed by atoms with E-state index in [9.17, 15) is 10.1 Å². The number of carbonyl (C=O) groups is 1. The van der Waals surface area contributed by atoms with Crippen LogP contribution in [0.3, 0.4) is 0 Å². The number of nitrogens with zero attached hydrogens (tertiary/aromatic N) is 8. The molecule has 0 N–H and O–H groups in total. The molecule has 6 rings (SSSR count). The number of carbonyl (C=O) groups excluding carboxylic acids is 1. The molecule has 220 valence electrons. The Bertz CT molecular complexity index is 1570. The number of rotatable bonds is 10.